The number of hydrogen-bond donors (Lipinski definition) is 1. The lowest BCUT2D eigenvalue weighted by Gasteiger charge is -2.30. The number of para-hydroxylation sites is 1. The van der Waals surface area contributed by atoms with E-state index in [4.69, 9.17) is 0 Å². The first kappa shape index (κ1) is 21.9. The molecule has 7 heteroatoms. The molecule has 0 saturated carbocycles. The number of amides is 3. The minimum Gasteiger partial charge on any atom is -0.306 e. The van der Waals surface area contributed by atoms with Crippen LogP contribution in [0.3, 0.4) is 0 Å². The number of hydrogen-bond acceptors (Lipinski definition) is 5. The standard InChI is InChI=1S/C26H27N3O3S/c1-3-14-28-20-12-8-7-11-18(20)26(25(28)32)22-21(19(27-26)13-15-33-2)23(30)29(24(22)31)16-17-9-5-4-6-10-17/h3-12,19,21-22,27H,1,13-16H2,2H3/t19-,21-,22-,26+/m1/s1. The molecule has 2 aromatic carbocycles. The number of rotatable bonds is 7. The molecule has 3 aliphatic heterocycles. The van der Waals surface area contributed by atoms with Crippen LogP contribution in [0, 0.1) is 11.8 Å². The van der Waals surface area contributed by atoms with Gasteiger partial charge in [0.15, 0.2) is 0 Å². The molecule has 5 rings (SSSR count). The van der Waals surface area contributed by atoms with Crippen LogP contribution >= 0.6 is 11.8 Å². The number of nitrogens with one attached hydrogen (secondary N) is 1. The zero-order chi connectivity index (χ0) is 23.2. The molecule has 2 fully saturated rings. The largest absolute Gasteiger partial charge is 0.306 e. The van der Waals surface area contributed by atoms with Crippen molar-refractivity contribution in [1.82, 2.24) is 10.2 Å². The third kappa shape index (κ3) is 3.17. The van der Waals surface area contributed by atoms with Crippen LogP contribution in [0.25, 0.3) is 0 Å². The van der Waals surface area contributed by atoms with Crippen molar-refractivity contribution in [2.75, 3.05) is 23.5 Å². The number of fused-ring (bicyclic) bond motifs is 4. The summed E-state index contributed by atoms with van der Waals surface area (Å²) in [6.07, 6.45) is 4.42. The smallest absolute Gasteiger partial charge is 0.253 e. The maximum Gasteiger partial charge on any atom is 0.253 e. The number of thioether (sulfide) groups is 1. The number of carbonyl (C=O) groups excluding carboxylic acids is 3. The van der Waals surface area contributed by atoms with Gasteiger partial charge in [0.2, 0.25) is 11.8 Å². The molecule has 6 nitrogen and oxygen atoms in total. The van der Waals surface area contributed by atoms with Crippen LogP contribution in [-0.2, 0) is 26.5 Å². The molecule has 3 amide bonds. The van der Waals surface area contributed by atoms with Crippen LogP contribution in [0.5, 0.6) is 0 Å². The Morgan fingerprint density at radius 3 is 2.48 bits per heavy atom. The topological polar surface area (TPSA) is 69.7 Å². The van der Waals surface area contributed by atoms with Crippen LogP contribution in [0.2, 0.25) is 0 Å². The zero-order valence-corrected chi connectivity index (χ0v) is 19.4. The number of anilines is 1. The van der Waals surface area contributed by atoms with Gasteiger partial charge in [0.05, 0.1) is 18.4 Å². The van der Waals surface area contributed by atoms with Crippen molar-refractivity contribution in [3.63, 3.8) is 0 Å². The zero-order valence-electron chi connectivity index (χ0n) is 18.6. The Hall–Kier alpha value is -2.90. The summed E-state index contributed by atoms with van der Waals surface area (Å²) < 4.78 is 0. The molecule has 0 bridgehead atoms. The summed E-state index contributed by atoms with van der Waals surface area (Å²) in [7, 11) is 0. The van der Waals surface area contributed by atoms with Gasteiger partial charge in [-0.15, -0.1) is 6.58 Å². The molecule has 1 N–H and O–H groups in total. The fraction of sp³-hybridized carbons (Fsp3) is 0.346. The second kappa shape index (κ2) is 8.47. The average molecular weight is 462 g/mol. The summed E-state index contributed by atoms with van der Waals surface area (Å²) in [5.41, 5.74) is 1.22. The monoisotopic (exact) mass is 461 g/mol. The van der Waals surface area contributed by atoms with Gasteiger partial charge >= 0.3 is 0 Å². The van der Waals surface area contributed by atoms with Gasteiger partial charge in [0, 0.05) is 23.8 Å². The molecule has 2 aromatic rings. The number of carbonyl (C=O) groups is 3. The lowest BCUT2D eigenvalue weighted by atomic mass is 9.76. The maximum absolute atomic E-state index is 14.0. The summed E-state index contributed by atoms with van der Waals surface area (Å²) >= 11 is 1.70. The highest BCUT2D eigenvalue weighted by Gasteiger charge is 2.71. The SMILES string of the molecule is C=CCN1C(=O)[C@]2(N[C@H](CCSC)[C@H]3C(=O)N(Cc4ccccc4)C(=O)[C@@H]32)c2ccccc21. The fourth-order valence-corrected chi connectivity index (χ4v) is 6.22. The second-order valence-corrected chi connectivity index (χ2v) is 9.80. The molecule has 0 aromatic heterocycles. The lowest BCUT2D eigenvalue weighted by Crippen LogP contribution is -2.55. The highest BCUT2D eigenvalue weighted by atomic mass is 32.2. The summed E-state index contributed by atoms with van der Waals surface area (Å²) in [5.74, 6) is -1.11. The van der Waals surface area contributed by atoms with Crippen LogP contribution in [0.4, 0.5) is 5.69 Å². The Morgan fingerprint density at radius 2 is 1.76 bits per heavy atom. The van der Waals surface area contributed by atoms with Crippen LogP contribution < -0.4 is 10.2 Å². The molecule has 3 heterocycles. The number of likely N-dealkylation sites (tertiary alicyclic amines) is 1. The van der Waals surface area contributed by atoms with Crippen LogP contribution in [0.15, 0.2) is 67.3 Å². The molecular formula is C26H27N3O3S. The van der Waals surface area contributed by atoms with E-state index in [1.54, 1.807) is 22.7 Å². The Morgan fingerprint density at radius 1 is 1.03 bits per heavy atom. The molecule has 0 radical (unpaired) electrons. The fourth-order valence-electron chi connectivity index (χ4n) is 5.73. The van der Waals surface area contributed by atoms with Gasteiger partial charge < -0.3 is 4.90 Å². The summed E-state index contributed by atoms with van der Waals surface area (Å²) in [6, 6.07) is 16.9. The first-order valence-corrected chi connectivity index (χ1v) is 12.6. The van der Waals surface area contributed by atoms with Crippen molar-refractivity contribution >= 4 is 35.2 Å². The average Bonchev–Trinajstić information content (AvgIpc) is 3.39. The third-order valence-electron chi connectivity index (χ3n) is 7.09. The van der Waals surface area contributed by atoms with Gasteiger partial charge in [-0.05, 0) is 30.1 Å². The molecule has 0 aliphatic carbocycles. The molecule has 4 atom stereocenters. The predicted octanol–water partition coefficient (Wildman–Crippen LogP) is 2.94. The minimum atomic E-state index is -1.23. The molecule has 0 unspecified atom stereocenters. The van der Waals surface area contributed by atoms with Gasteiger partial charge in [-0.1, -0.05) is 54.6 Å². The van der Waals surface area contributed by atoms with Gasteiger partial charge in [-0.2, -0.15) is 11.8 Å². The molecule has 2 saturated heterocycles. The molecule has 33 heavy (non-hydrogen) atoms. The van der Waals surface area contributed by atoms with E-state index in [-0.39, 0.29) is 30.3 Å². The number of nitrogens with zero attached hydrogens (tertiary/aromatic N) is 2. The summed E-state index contributed by atoms with van der Waals surface area (Å²) in [4.78, 5) is 44.6. The number of benzene rings is 2. The van der Waals surface area contributed by atoms with Crippen molar-refractivity contribution < 1.29 is 14.4 Å². The van der Waals surface area contributed by atoms with Crippen molar-refractivity contribution in [2.24, 2.45) is 11.8 Å². The first-order valence-electron chi connectivity index (χ1n) is 11.2. The van der Waals surface area contributed by atoms with Gasteiger partial charge in [0.25, 0.3) is 5.91 Å². The minimum absolute atomic E-state index is 0.173. The highest BCUT2D eigenvalue weighted by Crippen LogP contribution is 2.55. The van der Waals surface area contributed by atoms with Crippen molar-refractivity contribution in [2.45, 2.75) is 24.5 Å². The molecular weight excluding hydrogens is 434 g/mol. The maximum atomic E-state index is 14.0. The first-order chi connectivity index (χ1) is 16.0. The van der Waals surface area contributed by atoms with E-state index in [1.165, 1.54) is 4.90 Å². The molecule has 1 spiro atoms. The quantitative estimate of drug-likeness (QED) is 0.507. The highest BCUT2D eigenvalue weighted by molar-refractivity contribution is 7.98. The van der Waals surface area contributed by atoms with E-state index >= 15 is 0 Å². The Bertz CT molecular complexity index is 1120. The summed E-state index contributed by atoms with van der Waals surface area (Å²) in [5, 5.41) is 3.54. The van der Waals surface area contributed by atoms with Gasteiger partial charge in [-0.3, -0.25) is 24.6 Å². The van der Waals surface area contributed by atoms with Crippen LogP contribution in [0.1, 0.15) is 17.5 Å². The molecule has 170 valence electrons. The second-order valence-electron chi connectivity index (χ2n) is 8.81. The lowest BCUT2D eigenvalue weighted by molar-refractivity contribution is -0.143. The van der Waals surface area contributed by atoms with Gasteiger partial charge in [-0.25, -0.2) is 0 Å². The van der Waals surface area contributed by atoms with E-state index in [0.29, 0.717) is 13.0 Å². The normalized spacial score (nSPS) is 28.0. The Balaban J connectivity index is 1.61. The van der Waals surface area contributed by atoms with E-state index < -0.39 is 17.4 Å². The third-order valence-corrected chi connectivity index (χ3v) is 7.73. The van der Waals surface area contributed by atoms with Crippen molar-refractivity contribution in [1.29, 1.82) is 0 Å². The summed E-state index contributed by atoms with van der Waals surface area (Å²) in [6.45, 7) is 4.38. The molecule has 3 aliphatic rings. The van der Waals surface area contributed by atoms with E-state index in [0.717, 1.165) is 22.6 Å². The van der Waals surface area contributed by atoms with Crippen LogP contribution in [-0.4, -0.2) is 47.2 Å². The predicted molar refractivity (Wildman–Crippen MR) is 130 cm³/mol. The Kier molecular flexibility index (Phi) is 5.62. The van der Waals surface area contributed by atoms with E-state index in [1.807, 2.05) is 60.9 Å². The van der Waals surface area contributed by atoms with E-state index in [9.17, 15) is 14.4 Å². The number of imide groups is 1. The van der Waals surface area contributed by atoms with E-state index in [2.05, 4.69) is 11.9 Å². The van der Waals surface area contributed by atoms with Crippen molar-refractivity contribution in [3.8, 4) is 0 Å². The Labute approximate surface area is 198 Å². The van der Waals surface area contributed by atoms with Crippen molar-refractivity contribution in [3.05, 3.63) is 78.4 Å². The van der Waals surface area contributed by atoms with Gasteiger partial charge in [0.1, 0.15) is 5.54 Å².